The highest BCUT2D eigenvalue weighted by atomic mass is 19.1. The summed E-state index contributed by atoms with van der Waals surface area (Å²) in [5.74, 6) is -0.164. The molecular formula is C22H13F. The summed E-state index contributed by atoms with van der Waals surface area (Å²) in [4.78, 5) is 0. The number of benzene rings is 5. The largest absolute Gasteiger partial charge is 0.206 e. The Morgan fingerprint density at radius 2 is 0.913 bits per heavy atom. The van der Waals surface area contributed by atoms with E-state index in [-0.39, 0.29) is 5.82 Å². The highest BCUT2D eigenvalue weighted by molar-refractivity contribution is 6.08. The first-order valence-electron chi connectivity index (χ1n) is 7.72. The van der Waals surface area contributed by atoms with Crippen molar-refractivity contribution in [2.45, 2.75) is 0 Å². The lowest BCUT2D eigenvalue weighted by molar-refractivity contribution is 0.640. The van der Waals surface area contributed by atoms with Crippen LogP contribution in [0.1, 0.15) is 0 Å². The third-order valence-electron chi connectivity index (χ3n) is 4.60. The summed E-state index contributed by atoms with van der Waals surface area (Å²) < 4.78 is 14.0. The fraction of sp³-hybridized carbons (Fsp3) is 0. The van der Waals surface area contributed by atoms with E-state index in [1.54, 1.807) is 6.07 Å². The smallest absolute Gasteiger partial charge is 0.131 e. The molecular weight excluding hydrogens is 283 g/mol. The summed E-state index contributed by atoms with van der Waals surface area (Å²) in [5.41, 5.74) is 0. The van der Waals surface area contributed by atoms with Crippen LogP contribution in [0, 0.1) is 5.82 Å². The van der Waals surface area contributed by atoms with Gasteiger partial charge in [0.05, 0.1) is 0 Å². The van der Waals surface area contributed by atoms with E-state index in [2.05, 4.69) is 54.6 Å². The van der Waals surface area contributed by atoms with Crippen LogP contribution in [0.15, 0.2) is 78.9 Å². The number of hydrogen-bond acceptors (Lipinski definition) is 0. The van der Waals surface area contributed by atoms with Crippen LogP contribution in [0.5, 0.6) is 0 Å². The topological polar surface area (TPSA) is 0 Å². The number of hydrogen-bond donors (Lipinski definition) is 0. The maximum Gasteiger partial charge on any atom is 0.131 e. The third kappa shape index (κ3) is 1.90. The minimum absolute atomic E-state index is 0.164. The molecule has 0 N–H and O–H groups in total. The van der Waals surface area contributed by atoms with Crippen molar-refractivity contribution in [3.63, 3.8) is 0 Å². The van der Waals surface area contributed by atoms with Crippen LogP contribution in [0.2, 0.25) is 0 Å². The Hall–Kier alpha value is -2.93. The van der Waals surface area contributed by atoms with Gasteiger partial charge < -0.3 is 0 Å². The second kappa shape index (κ2) is 4.53. The molecule has 0 aliphatic carbocycles. The Morgan fingerprint density at radius 1 is 0.435 bits per heavy atom. The van der Waals surface area contributed by atoms with Crippen LogP contribution < -0.4 is 0 Å². The zero-order chi connectivity index (χ0) is 15.4. The Morgan fingerprint density at radius 3 is 1.57 bits per heavy atom. The van der Waals surface area contributed by atoms with Crippen LogP contribution in [0.4, 0.5) is 4.39 Å². The molecule has 0 saturated carbocycles. The van der Waals surface area contributed by atoms with E-state index in [9.17, 15) is 4.39 Å². The second-order valence-electron chi connectivity index (χ2n) is 6.06. The van der Waals surface area contributed by atoms with Gasteiger partial charge in [0.15, 0.2) is 0 Å². The molecule has 1 heteroatoms. The van der Waals surface area contributed by atoms with Gasteiger partial charge in [0, 0.05) is 5.39 Å². The molecule has 5 aromatic carbocycles. The summed E-state index contributed by atoms with van der Waals surface area (Å²) in [6.45, 7) is 0. The lowest BCUT2D eigenvalue weighted by atomic mass is 9.97. The van der Waals surface area contributed by atoms with Crippen LogP contribution in [-0.2, 0) is 0 Å². The van der Waals surface area contributed by atoms with Gasteiger partial charge in [0.2, 0.25) is 0 Å². The van der Waals surface area contributed by atoms with Gasteiger partial charge >= 0.3 is 0 Å². The lowest BCUT2D eigenvalue weighted by Crippen LogP contribution is -1.82. The molecule has 23 heavy (non-hydrogen) atoms. The maximum absolute atomic E-state index is 14.0. The van der Waals surface area contributed by atoms with E-state index < -0.39 is 0 Å². The molecule has 0 heterocycles. The highest BCUT2D eigenvalue weighted by Gasteiger charge is 2.05. The van der Waals surface area contributed by atoms with E-state index in [0.29, 0.717) is 5.39 Å². The highest BCUT2D eigenvalue weighted by Crippen LogP contribution is 2.30. The van der Waals surface area contributed by atoms with Gasteiger partial charge in [-0.1, -0.05) is 36.4 Å². The van der Waals surface area contributed by atoms with Crippen LogP contribution in [0.25, 0.3) is 43.1 Å². The summed E-state index contributed by atoms with van der Waals surface area (Å²) in [5, 5.41) is 8.71. The number of halogens is 1. The molecule has 0 spiro atoms. The molecule has 0 saturated heterocycles. The number of rotatable bonds is 0. The molecule has 0 aliphatic rings. The molecule has 0 radical (unpaired) electrons. The minimum Gasteiger partial charge on any atom is -0.206 e. The van der Waals surface area contributed by atoms with Crippen LogP contribution in [0.3, 0.4) is 0 Å². The van der Waals surface area contributed by atoms with E-state index in [1.165, 1.54) is 27.6 Å². The summed E-state index contributed by atoms with van der Waals surface area (Å²) >= 11 is 0. The van der Waals surface area contributed by atoms with Gasteiger partial charge in [0.25, 0.3) is 0 Å². The quantitative estimate of drug-likeness (QED) is 0.288. The first-order chi connectivity index (χ1) is 11.3. The molecule has 5 rings (SSSR count). The van der Waals surface area contributed by atoms with E-state index in [4.69, 9.17) is 0 Å². The second-order valence-corrected chi connectivity index (χ2v) is 6.06. The fourth-order valence-electron chi connectivity index (χ4n) is 3.43. The van der Waals surface area contributed by atoms with Gasteiger partial charge in [0.1, 0.15) is 5.82 Å². The van der Waals surface area contributed by atoms with Crippen molar-refractivity contribution in [3.05, 3.63) is 84.7 Å². The zero-order valence-corrected chi connectivity index (χ0v) is 12.4. The number of fused-ring (bicyclic) bond motifs is 4. The van der Waals surface area contributed by atoms with E-state index in [0.717, 1.165) is 16.2 Å². The van der Waals surface area contributed by atoms with Gasteiger partial charge in [-0.2, -0.15) is 0 Å². The summed E-state index contributed by atoms with van der Waals surface area (Å²) in [6.07, 6.45) is 0. The first-order valence-corrected chi connectivity index (χ1v) is 7.72. The fourth-order valence-corrected chi connectivity index (χ4v) is 3.43. The monoisotopic (exact) mass is 296 g/mol. The molecule has 0 amide bonds. The molecule has 0 bridgehead atoms. The summed E-state index contributed by atoms with van der Waals surface area (Å²) in [6, 6.07) is 26.4. The predicted molar refractivity (Wildman–Crippen MR) is 96.4 cm³/mol. The molecule has 0 nitrogen and oxygen atoms in total. The van der Waals surface area contributed by atoms with Crippen LogP contribution >= 0.6 is 0 Å². The molecule has 5 aromatic rings. The summed E-state index contributed by atoms with van der Waals surface area (Å²) in [7, 11) is 0. The predicted octanol–water partition coefficient (Wildman–Crippen LogP) is 6.44. The van der Waals surface area contributed by atoms with Crippen molar-refractivity contribution >= 4 is 43.1 Å². The van der Waals surface area contributed by atoms with Crippen molar-refractivity contribution < 1.29 is 4.39 Å². The lowest BCUT2D eigenvalue weighted by Gasteiger charge is -2.07. The third-order valence-corrected chi connectivity index (χ3v) is 4.60. The molecule has 0 aromatic heterocycles. The van der Waals surface area contributed by atoms with Crippen LogP contribution in [-0.4, -0.2) is 0 Å². The zero-order valence-electron chi connectivity index (χ0n) is 12.4. The van der Waals surface area contributed by atoms with Crippen molar-refractivity contribution in [1.82, 2.24) is 0 Å². The van der Waals surface area contributed by atoms with Gasteiger partial charge in [-0.15, -0.1) is 0 Å². The van der Waals surface area contributed by atoms with Gasteiger partial charge in [-0.05, 0) is 80.2 Å². The molecule has 0 unspecified atom stereocenters. The van der Waals surface area contributed by atoms with Crippen molar-refractivity contribution in [2.75, 3.05) is 0 Å². The molecule has 0 fully saturated rings. The Labute approximate surface area is 132 Å². The molecule has 108 valence electrons. The minimum atomic E-state index is -0.164. The average Bonchev–Trinajstić information content (AvgIpc) is 2.57. The Balaban J connectivity index is 1.93. The van der Waals surface area contributed by atoms with E-state index in [1.807, 2.05) is 12.1 Å². The molecule has 0 aliphatic heterocycles. The van der Waals surface area contributed by atoms with E-state index >= 15 is 0 Å². The van der Waals surface area contributed by atoms with Gasteiger partial charge in [-0.3, -0.25) is 0 Å². The Kier molecular flexibility index (Phi) is 2.48. The van der Waals surface area contributed by atoms with Gasteiger partial charge in [-0.25, -0.2) is 4.39 Å². The molecule has 0 atom stereocenters. The standard InChI is InChI=1S/C22H13F/c23-22-7-3-6-16-10-19-11-17-8-14-4-1-2-5-15(14)9-18(17)12-20(19)13-21(16)22/h1-13H. The SMILES string of the molecule is Fc1cccc2cc3cc4cc5ccccc5cc4cc3cc12. The first kappa shape index (κ1) is 12.6. The van der Waals surface area contributed by atoms with Crippen molar-refractivity contribution in [2.24, 2.45) is 0 Å². The van der Waals surface area contributed by atoms with Crippen molar-refractivity contribution in [3.8, 4) is 0 Å². The Bertz CT molecular complexity index is 1220. The van der Waals surface area contributed by atoms with Crippen molar-refractivity contribution in [1.29, 1.82) is 0 Å². The normalized spacial score (nSPS) is 11.7. The maximum atomic E-state index is 14.0. The average molecular weight is 296 g/mol.